The van der Waals surface area contributed by atoms with Crippen LogP contribution in [0, 0.1) is 0 Å². The zero-order valence-electron chi connectivity index (χ0n) is 18.2. The standard InChI is InChI=1S/C23H27N7O2/c1-17(31)28-10-12-29(13-11-28)21-14-19(6-8-25-21)22-26-23(32-27-22)20-5-3-9-30(20)16-18-4-2-7-24-15-18/h2,4,6-8,14-15,20H,3,5,9-13,16H2,1H3. The molecule has 0 radical (unpaired) electrons. The molecule has 1 amide bonds. The van der Waals surface area contributed by atoms with Gasteiger partial charge in [0.2, 0.25) is 17.6 Å². The number of hydrogen-bond acceptors (Lipinski definition) is 8. The normalized spacial score (nSPS) is 19.5. The van der Waals surface area contributed by atoms with Gasteiger partial charge in [0.1, 0.15) is 5.82 Å². The van der Waals surface area contributed by atoms with Crippen LogP contribution in [-0.2, 0) is 11.3 Å². The van der Waals surface area contributed by atoms with Gasteiger partial charge in [0.25, 0.3) is 0 Å². The molecule has 9 heteroatoms. The Kier molecular flexibility index (Phi) is 5.81. The smallest absolute Gasteiger partial charge is 0.244 e. The molecule has 0 saturated carbocycles. The van der Waals surface area contributed by atoms with E-state index in [1.54, 1.807) is 19.3 Å². The van der Waals surface area contributed by atoms with Crippen LogP contribution in [0.4, 0.5) is 5.82 Å². The second-order valence-corrected chi connectivity index (χ2v) is 8.34. The highest BCUT2D eigenvalue weighted by Gasteiger charge is 2.31. The summed E-state index contributed by atoms with van der Waals surface area (Å²) in [6, 6.07) is 8.09. The van der Waals surface area contributed by atoms with E-state index >= 15 is 0 Å². The van der Waals surface area contributed by atoms with E-state index in [-0.39, 0.29) is 11.9 Å². The van der Waals surface area contributed by atoms with E-state index in [1.165, 1.54) is 5.56 Å². The topological polar surface area (TPSA) is 91.5 Å². The van der Waals surface area contributed by atoms with E-state index in [2.05, 4.69) is 31.0 Å². The molecule has 0 aliphatic carbocycles. The lowest BCUT2D eigenvalue weighted by Gasteiger charge is -2.34. The molecule has 32 heavy (non-hydrogen) atoms. The minimum absolute atomic E-state index is 0.121. The number of hydrogen-bond donors (Lipinski definition) is 0. The molecule has 0 aromatic carbocycles. The molecule has 2 fully saturated rings. The second kappa shape index (κ2) is 9.04. The Balaban J connectivity index is 1.29. The Morgan fingerprint density at radius 1 is 1.16 bits per heavy atom. The maximum atomic E-state index is 11.6. The van der Waals surface area contributed by atoms with Crippen LogP contribution in [0.5, 0.6) is 0 Å². The van der Waals surface area contributed by atoms with Gasteiger partial charge in [-0.3, -0.25) is 14.7 Å². The van der Waals surface area contributed by atoms with E-state index in [4.69, 9.17) is 9.51 Å². The second-order valence-electron chi connectivity index (χ2n) is 8.34. The van der Waals surface area contributed by atoms with Gasteiger partial charge in [-0.1, -0.05) is 11.2 Å². The third-order valence-electron chi connectivity index (χ3n) is 6.25. The third kappa shape index (κ3) is 4.34. The first-order valence-corrected chi connectivity index (χ1v) is 11.1. The van der Waals surface area contributed by atoms with Gasteiger partial charge in [-0.25, -0.2) is 4.98 Å². The molecule has 0 bridgehead atoms. The fraction of sp³-hybridized carbons (Fsp3) is 0.435. The largest absolute Gasteiger partial charge is 0.353 e. The van der Waals surface area contributed by atoms with Crippen molar-refractivity contribution in [2.24, 2.45) is 0 Å². The Hall–Kier alpha value is -3.33. The predicted octanol–water partition coefficient (Wildman–Crippen LogP) is 2.53. The first kappa shape index (κ1) is 20.6. The number of nitrogens with zero attached hydrogens (tertiary/aromatic N) is 7. The maximum absolute atomic E-state index is 11.6. The summed E-state index contributed by atoms with van der Waals surface area (Å²) in [4.78, 5) is 31.5. The summed E-state index contributed by atoms with van der Waals surface area (Å²) in [6.07, 6.45) is 7.59. The van der Waals surface area contributed by atoms with Gasteiger partial charge < -0.3 is 14.3 Å². The van der Waals surface area contributed by atoms with Crippen LogP contribution in [0.3, 0.4) is 0 Å². The van der Waals surface area contributed by atoms with Gasteiger partial charge in [0.05, 0.1) is 6.04 Å². The Morgan fingerprint density at radius 3 is 2.81 bits per heavy atom. The molecule has 1 unspecified atom stereocenters. The van der Waals surface area contributed by atoms with Gasteiger partial charge in [0.15, 0.2) is 0 Å². The number of pyridine rings is 2. The van der Waals surface area contributed by atoms with Crippen molar-refractivity contribution in [3.63, 3.8) is 0 Å². The lowest BCUT2D eigenvalue weighted by molar-refractivity contribution is -0.129. The third-order valence-corrected chi connectivity index (χ3v) is 6.25. The molecule has 5 rings (SSSR count). The van der Waals surface area contributed by atoms with Gasteiger partial charge in [-0.15, -0.1) is 0 Å². The average molecular weight is 434 g/mol. The highest BCUT2D eigenvalue weighted by molar-refractivity contribution is 5.73. The molecule has 2 aliphatic heterocycles. The fourth-order valence-corrected chi connectivity index (χ4v) is 4.49. The number of carbonyl (C=O) groups is 1. The van der Waals surface area contributed by atoms with Crippen molar-refractivity contribution in [3.8, 4) is 11.4 Å². The molecule has 5 heterocycles. The number of anilines is 1. The van der Waals surface area contributed by atoms with Crippen LogP contribution in [0.25, 0.3) is 11.4 Å². The van der Waals surface area contributed by atoms with E-state index in [9.17, 15) is 4.79 Å². The van der Waals surface area contributed by atoms with Gasteiger partial charge in [-0.05, 0) is 43.1 Å². The number of carbonyl (C=O) groups excluding carboxylic acids is 1. The molecule has 1 atom stereocenters. The highest BCUT2D eigenvalue weighted by atomic mass is 16.5. The summed E-state index contributed by atoms with van der Waals surface area (Å²) in [5.41, 5.74) is 2.07. The average Bonchev–Trinajstić information content (AvgIpc) is 3.49. The van der Waals surface area contributed by atoms with Crippen LogP contribution >= 0.6 is 0 Å². The molecule has 2 saturated heterocycles. The number of aromatic nitrogens is 4. The summed E-state index contributed by atoms with van der Waals surface area (Å²) in [5.74, 6) is 2.24. The highest BCUT2D eigenvalue weighted by Crippen LogP contribution is 2.33. The van der Waals surface area contributed by atoms with Crippen LogP contribution in [0.2, 0.25) is 0 Å². The van der Waals surface area contributed by atoms with Gasteiger partial charge in [-0.2, -0.15) is 4.98 Å². The zero-order chi connectivity index (χ0) is 21.9. The number of likely N-dealkylation sites (tertiary alicyclic amines) is 1. The van der Waals surface area contributed by atoms with Crippen molar-refractivity contribution in [2.75, 3.05) is 37.6 Å². The molecule has 166 valence electrons. The first-order chi connectivity index (χ1) is 15.7. The maximum Gasteiger partial charge on any atom is 0.244 e. The minimum atomic E-state index is 0.121. The van der Waals surface area contributed by atoms with Crippen LogP contribution < -0.4 is 4.90 Å². The van der Waals surface area contributed by atoms with Crippen molar-refractivity contribution >= 4 is 11.7 Å². The Labute approximate surface area is 187 Å². The van der Waals surface area contributed by atoms with Crippen LogP contribution in [-0.4, -0.2) is 68.5 Å². The van der Waals surface area contributed by atoms with Crippen molar-refractivity contribution in [1.82, 2.24) is 29.9 Å². The zero-order valence-corrected chi connectivity index (χ0v) is 18.2. The van der Waals surface area contributed by atoms with E-state index in [0.717, 1.165) is 50.4 Å². The fourth-order valence-electron chi connectivity index (χ4n) is 4.49. The Bertz CT molecular complexity index is 1060. The van der Waals surface area contributed by atoms with Gasteiger partial charge >= 0.3 is 0 Å². The first-order valence-electron chi connectivity index (χ1n) is 11.1. The molecule has 0 spiro atoms. The van der Waals surface area contributed by atoms with Crippen molar-refractivity contribution in [3.05, 3.63) is 54.3 Å². The molecular formula is C23H27N7O2. The number of piperazine rings is 1. The SMILES string of the molecule is CC(=O)N1CCN(c2cc(-c3noc(C4CCCN4Cc4cccnc4)n3)ccn2)CC1. The van der Waals surface area contributed by atoms with E-state index in [0.29, 0.717) is 24.8 Å². The van der Waals surface area contributed by atoms with Crippen molar-refractivity contribution < 1.29 is 9.32 Å². The molecule has 3 aromatic rings. The molecular weight excluding hydrogens is 406 g/mol. The summed E-state index contributed by atoms with van der Waals surface area (Å²) in [5, 5.41) is 4.27. The predicted molar refractivity (Wildman–Crippen MR) is 119 cm³/mol. The number of rotatable bonds is 5. The van der Waals surface area contributed by atoms with Crippen molar-refractivity contribution in [2.45, 2.75) is 32.4 Å². The molecule has 3 aromatic heterocycles. The summed E-state index contributed by atoms with van der Waals surface area (Å²) in [7, 11) is 0. The monoisotopic (exact) mass is 433 g/mol. The lowest BCUT2D eigenvalue weighted by atomic mass is 10.2. The number of amides is 1. The van der Waals surface area contributed by atoms with E-state index in [1.807, 2.05) is 29.3 Å². The minimum Gasteiger partial charge on any atom is -0.353 e. The van der Waals surface area contributed by atoms with E-state index < -0.39 is 0 Å². The van der Waals surface area contributed by atoms with Gasteiger partial charge in [0, 0.05) is 63.8 Å². The lowest BCUT2D eigenvalue weighted by Crippen LogP contribution is -2.48. The summed E-state index contributed by atoms with van der Waals surface area (Å²) >= 11 is 0. The molecule has 9 nitrogen and oxygen atoms in total. The molecule has 2 aliphatic rings. The quantitative estimate of drug-likeness (QED) is 0.606. The van der Waals surface area contributed by atoms with Crippen molar-refractivity contribution in [1.29, 1.82) is 0 Å². The summed E-state index contributed by atoms with van der Waals surface area (Å²) < 4.78 is 5.70. The summed E-state index contributed by atoms with van der Waals surface area (Å²) in [6.45, 7) is 6.39. The van der Waals surface area contributed by atoms with Crippen LogP contribution in [0.15, 0.2) is 47.4 Å². The Morgan fingerprint density at radius 2 is 2.03 bits per heavy atom. The molecule has 0 N–H and O–H groups in total. The van der Waals surface area contributed by atoms with Crippen LogP contribution in [0.1, 0.15) is 37.3 Å².